The molecular formula is C21H26N6O. The summed E-state index contributed by atoms with van der Waals surface area (Å²) in [5.41, 5.74) is 2.22. The lowest BCUT2D eigenvalue weighted by Gasteiger charge is -2.22. The molecule has 2 aromatic carbocycles. The molecule has 0 unspecified atom stereocenters. The average molecular weight is 378 g/mol. The van der Waals surface area contributed by atoms with Gasteiger partial charge in [-0.05, 0) is 30.7 Å². The predicted molar refractivity (Wildman–Crippen MR) is 110 cm³/mol. The average Bonchev–Trinajstić information content (AvgIpc) is 3.08. The van der Waals surface area contributed by atoms with Crippen LogP contribution in [0.4, 0.5) is 0 Å². The lowest BCUT2D eigenvalue weighted by atomic mass is 10.2. The van der Waals surface area contributed by atoms with E-state index in [4.69, 9.17) is 4.74 Å². The van der Waals surface area contributed by atoms with Crippen LogP contribution < -0.4 is 10.1 Å². The third-order valence-electron chi connectivity index (χ3n) is 4.38. The maximum atomic E-state index is 6.10. The van der Waals surface area contributed by atoms with Crippen LogP contribution in [0.2, 0.25) is 0 Å². The van der Waals surface area contributed by atoms with Crippen LogP contribution in [-0.4, -0.2) is 39.7 Å². The summed E-state index contributed by atoms with van der Waals surface area (Å²) < 4.78 is 7.86. The number of ether oxygens (including phenoxy) is 1. The summed E-state index contributed by atoms with van der Waals surface area (Å²) in [6, 6.07) is 16.0. The number of benzene rings is 2. The van der Waals surface area contributed by atoms with Gasteiger partial charge >= 0.3 is 0 Å². The van der Waals surface area contributed by atoms with Gasteiger partial charge in [-0.2, -0.15) is 5.10 Å². The molecule has 0 saturated carbocycles. The number of guanidine groups is 1. The fraction of sp³-hybridized carbons (Fsp3) is 0.286. The van der Waals surface area contributed by atoms with Gasteiger partial charge in [0.05, 0.1) is 6.54 Å². The van der Waals surface area contributed by atoms with Gasteiger partial charge in [-0.3, -0.25) is 9.67 Å². The number of nitrogens with zero attached hydrogens (tertiary/aromatic N) is 5. The standard InChI is InChI=1S/C21H26N6O/c1-16-8-7-10-18(12-16)28-19-11-6-5-9-17(19)13-23-21(22-2)26(3)14-20-24-15-25-27(20)4/h5-12,15H,13-14H2,1-4H3,(H,22,23). The van der Waals surface area contributed by atoms with Crippen molar-refractivity contribution >= 4 is 5.96 Å². The molecule has 3 rings (SSSR count). The molecule has 0 saturated heterocycles. The number of aliphatic imine (C=N–C) groups is 1. The molecule has 7 heteroatoms. The molecule has 1 aromatic heterocycles. The minimum Gasteiger partial charge on any atom is -0.457 e. The van der Waals surface area contributed by atoms with Gasteiger partial charge in [-0.15, -0.1) is 0 Å². The van der Waals surface area contributed by atoms with E-state index in [1.165, 1.54) is 5.56 Å². The zero-order valence-electron chi connectivity index (χ0n) is 16.8. The number of hydrogen-bond donors (Lipinski definition) is 1. The third-order valence-corrected chi connectivity index (χ3v) is 4.38. The van der Waals surface area contributed by atoms with Crippen LogP contribution in [0.3, 0.4) is 0 Å². The molecular weight excluding hydrogens is 352 g/mol. The second-order valence-electron chi connectivity index (χ2n) is 6.58. The Balaban J connectivity index is 1.67. The summed E-state index contributed by atoms with van der Waals surface area (Å²) in [6.07, 6.45) is 1.55. The number of para-hydroxylation sites is 1. The van der Waals surface area contributed by atoms with Crippen molar-refractivity contribution in [2.45, 2.75) is 20.0 Å². The Kier molecular flexibility index (Phi) is 6.26. The largest absolute Gasteiger partial charge is 0.457 e. The van der Waals surface area contributed by atoms with E-state index < -0.39 is 0 Å². The summed E-state index contributed by atoms with van der Waals surface area (Å²) >= 11 is 0. The molecule has 28 heavy (non-hydrogen) atoms. The zero-order valence-corrected chi connectivity index (χ0v) is 16.8. The van der Waals surface area contributed by atoms with Gasteiger partial charge in [0.1, 0.15) is 23.7 Å². The smallest absolute Gasteiger partial charge is 0.194 e. The van der Waals surface area contributed by atoms with E-state index in [2.05, 4.69) is 33.4 Å². The highest BCUT2D eigenvalue weighted by molar-refractivity contribution is 5.79. The second kappa shape index (κ2) is 9.03. The Morgan fingerprint density at radius 2 is 2.04 bits per heavy atom. The molecule has 3 aromatic rings. The lowest BCUT2D eigenvalue weighted by Crippen LogP contribution is -2.38. The van der Waals surface area contributed by atoms with E-state index in [0.717, 1.165) is 28.8 Å². The van der Waals surface area contributed by atoms with Crippen LogP contribution in [0.1, 0.15) is 17.0 Å². The molecule has 0 fully saturated rings. The van der Waals surface area contributed by atoms with Crippen molar-refractivity contribution in [3.63, 3.8) is 0 Å². The number of aryl methyl sites for hydroxylation is 2. The first-order chi connectivity index (χ1) is 13.6. The summed E-state index contributed by atoms with van der Waals surface area (Å²) in [5.74, 6) is 3.30. The molecule has 0 aliphatic carbocycles. The Hall–Kier alpha value is -3.35. The van der Waals surface area contributed by atoms with Gasteiger partial charge < -0.3 is 15.0 Å². The molecule has 0 aliphatic rings. The van der Waals surface area contributed by atoms with Crippen LogP contribution in [0, 0.1) is 6.92 Å². The van der Waals surface area contributed by atoms with E-state index in [1.807, 2.05) is 61.5 Å². The van der Waals surface area contributed by atoms with E-state index in [-0.39, 0.29) is 0 Å². The van der Waals surface area contributed by atoms with Crippen LogP contribution in [-0.2, 0) is 20.1 Å². The van der Waals surface area contributed by atoms with Gasteiger partial charge in [0.15, 0.2) is 5.96 Å². The monoisotopic (exact) mass is 378 g/mol. The number of hydrogen-bond acceptors (Lipinski definition) is 4. The molecule has 0 bridgehead atoms. The summed E-state index contributed by atoms with van der Waals surface area (Å²) in [4.78, 5) is 10.6. The van der Waals surface area contributed by atoms with Crippen LogP contribution in [0.25, 0.3) is 0 Å². The zero-order chi connectivity index (χ0) is 19.9. The highest BCUT2D eigenvalue weighted by atomic mass is 16.5. The number of nitrogens with one attached hydrogen (secondary N) is 1. The summed E-state index contributed by atoms with van der Waals surface area (Å²) in [6.45, 7) is 3.26. The normalized spacial score (nSPS) is 11.4. The van der Waals surface area contributed by atoms with Crippen LogP contribution >= 0.6 is 0 Å². The Labute approximate surface area is 165 Å². The van der Waals surface area contributed by atoms with E-state index in [9.17, 15) is 0 Å². The van der Waals surface area contributed by atoms with Gasteiger partial charge in [-0.25, -0.2) is 4.98 Å². The van der Waals surface area contributed by atoms with Crippen molar-refractivity contribution in [1.82, 2.24) is 25.0 Å². The predicted octanol–water partition coefficient (Wildman–Crippen LogP) is 3.12. The minimum absolute atomic E-state index is 0.595. The molecule has 0 radical (unpaired) electrons. The molecule has 0 atom stereocenters. The highest BCUT2D eigenvalue weighted by Crippen LogP contribution is 2.25. The fourth-order valence-electron chi connectivity index (χ4n) is 2.86. The summed E-state index contributed by atoms with van der Waals surface area (Å²) in [5, 5.41) is 7.50. The molecule has 1 N–H and O–H groups in total. The van der Waals surface area contributed by atoms with Gasteiger partial charge in [0.2, 0.25) is 0 Å². The van der Waals surface area contributed by atoms with Crippen LogP contribution in [0.5, 0.6) is 11.5 Å². The fourth-order valence-corrected chi connectivity index (χ4v) is 2.86. The lowest BCUT2D eigenvalue weighted by molar-refractivity contribution is 0.445. The Morgan fingerprint density at radius 3 is 2.75 bits per heavy atom. The number of rotatable bonds is 6. The molecule has 146 valence electrons. The minimum atomic E-state index is 0.595. The van der Waals surface area contributed by atoms with E-state index >= 15 is 0 Å². The number of aromatic nitrogens is 3. The van der Waals surface area contributed by atoms with Crippen molar-refractivity contribution in [2.24, 2.45) is 12.0 Å². The molecule has 0 aliphatic heterocycles. The van der Waals surface area contributed by atoms with Crippen molar-refractivity contribution in [3.8, 4) is 11.5 Å². The van der Waals surface area contributed by atoms with E-state index in [1.54, 1.807) is 18.1 Å². The Morgan fingerprint density at radius 1 is 1.21 bits per heavy atom. The van der Waals surface area contributed by atoms with Crippen molar-refractivity contribution in [3.05, 3.63) is 71.8 Å². The topological polar surface area (TPSA) is 67.6 Å². The maximum absolute atomic E-state index is 6.10. The van der Waals surface area contributed by atoms with Gasteiger partial charge in [-0.1, -0.05) is 30.3 Å². The highest BCUT2D eigenvalue weighted by Gasteiger charge is 2.11. The second-order valence-corrected chi connectivity index (χ2v) is 6.58. The van der Waals surface area contributed by atoms with Crippen LogP contribution in [0.15, 0.2) is 59.9 Å². The molecule has 0 amide bonds. The molecule has 7 nitrogen and oxygen atoms in total. The maximum Gasteiger partial charge on any atom is 0.194 e. The van der Waals surface area contributed by atoms with Gasteiger partial charge in [0.25, 0.3) is 0 Å². The first-order valence-corrected chi connectivity index (χ1v) is 9.14. The molecule has 0 spiro atoms. The first kappa shape index (κ1) is 19.4. The SMILES string of the molecule is CN=C(NCc1ccccc1Oc1cccc(C)c1)N(C)Cc1ncnn1C. The molecule has 1 heterocycles. The Bertz CT molecular complexity index is 949. The van der Waals surface area contributed by atoms with E-state index in [0.29, 0.717) is 13.1 Å². The van der Waals surface area contributed by atoms with Crippen molar-refractivity contribution < 1.29 is 4.74 Å². The van der Waals surface area contributed by atoms with Crippen molar-refractivity contribution in [1.29, 1.82) is 0 Å². The summed E-state index contributed by atoms with van der Waals surface area (Å²) in [7, 11) is 5.62. The third kappa shape index (κ3) is 4.88. The first-order valence-electron chi connectivity index (χ1n) is 9.14. The van der Waals surface area contributed by atoms with Gasteiger partial charge in [0, 0.05) is 33.3 Å². The quantitative estimate of drug-likeness (QED) is 0.527. The van der Waals surface area contributed by atoms with Crippen molar-refractivity contribution in [2.75, 3.05) is 14.1 Å².